The summed E-state index contributed by atoms with van der Waals surface area (Å²) in [6.45, 7) is 9.79. The van der Waals surface area contributed by atoms with E-state index in [-0.39, 0.29) is 5.75 Å². The number of piperidine rings is 1. The Balaban J connectivity index is 2.30. The first-order valence-corrected chi connectivity index (χ1v) is 9.20. The van der Waals surface area contributed by atoms with Crippen LogP contribution in [0.4, 0.5) is 0 Å². The number of rotatable bonds is 7. The first-order valence-electron chi connectivity index (χ1n) is 7.59. The second kappa shape index (κ2) is 7.60. The van der Waals surface area contributed by atoms with Gasteiger partial charge in [0.2, 0.25) is 10.0 Å². The van der Waals surface area contributed by atoms with Crippen molar-refractivity contribution in [1.29, 1.82) is 0 Å². The zero-order chi connectivity index (χ0) is 14.5. The summed E-state index contributed by atoms with van der Waals surface area (Å²) in [6, 6.07) is 1.01. The highest BCUT2D eigenvalue weighted by Gasteiger charge is 2.26. The number of nitrogens with one attached hydrogen (secondary N) is 1. The minimum atomic E-state index is -2.99. The van der Waals surface area contributed by atoms with Crippen LogP contribution in [0.15, 0.2) is 0 Å². The molecule has 1 N–H and O–H groups in total. The van der Waals surface area contributed by atoms with Crippen molar-refractivity contribution >= 4 is 10.0 Å². The predicted octanol–water partition coefficient (Wildman–Crippen LogP) is 2.21. The maximum Gasteiger partial charge on any atom is 0.213 e. The summed E-state index contributed by atoms with van der Waals surface area (Å²) in [5.41, 5.74) is 0. The lowest BCUT2D eigenvalue weighted by atomic mass is 10.0. The van der Waals surface area contributed by atoms with Crippen LogP contribution in [0.5, 0.6) is 0 Å². The molecule has 5 heteroatoms. The normalized spacial score (nSPS) is 20.9. The smallest absolute Gasteiger partial charge is 0.213 e. The molecular weight excluding hydrogens is 260 g/mol. The van der Waals surface area contributed by atoms with Crippen LogP contribution in [0.2, 0.25) is 0 Å². The molecule has 0 aromatic carbocycles. The van der Waals surface area contributed by atoms with E-state index in [1.165, 1.54) is 12.8 Å². The average molecular weight is 290 g/mol. The average Bonchev–Trinajstić information content (AvgIpc) is 2.37. The van der Waals surface area contributed by atoms with Crippen LogP contribution in [0.1, 0.15) is 53.4 Å². The van der Waals surface area contributed by atoms with Crippen molar-refractivity contribution in [1.82, 2.24) is 9.62 Å². The summed E-state index contributed by atoms with van der Waals surface area (Å²) in [7, 11) is -2.99. The molecule has 0 aromatic rings. The molecule has 19 heavy (non-hydrogen) atoms. The van der Waals surface area contributed by atoms with Crippen LogP contribution >= 0.6 is 0 Å². The van der Waals surface area contributed by atoms with Crippen molar-refractivity contribution in [2.24, 2.45) is 5.92 Å². The van der Waals surface area contributed by atoms with Gasteiger partial charge in [-0.05, 0) is 45.4 Å². The molecule has 0 spiro atoms. The molecule has 1 atom stereocenters. The molecule has 114 valence electrons. The predicted molar refractivity (Wildman–Crippen MR) is 80.7 cm³/mol. The molecule has 1 aliphatic heterocycles. The maximum atomic E-state index is 11.8. The Morgan fingerprint density at radius 3 is 2.21 bits per heavy atom. The lowest BCUT2D eigenvalue weighted by molar-refractivity contribution is 0.270. The van der Waals surface area contributed by atoms with E-state index in [9.17, 15) is 8.42 Å². The quantitative estimate of drug-likeness (QED) is 0.782. The van der Waals surface area contributed by atoms with Gasteiger partial charge in [-0.3, -0.25) is 0 Å². The van der Waals surface area contributed by atoms with Gasteiger partial charge in [0.15, 0.2) is 0 Å². The van der Waals surface area contributed by atoms with Gasteiger partial charge in [-0.2, -0.15) is 0 Å². The standard InChI is InChI=1S/C14H30N2O2S/c1-5-19(17,18)16-10-8-14(9-11-16)15-13(4)7-6-12(2)3/h12-15H,5-11H2,1-4H3. The van der Waals surface area contributed by atoms with Crippen molar-refractivity contribution in [3.8, 4) is 0 Å². The minimum absolute atomic E-state index is 0.218. The van der Waals surface area contributed by atoms with E-state index in [1.807, 2.05) is 0 Å². The lowest BCUT2D eigenvalue weighted by Gasteiger charge is -2.33. The molecule has 1 saturated heterocycles. The van der Waals surface area contributed by atoms with Crippen molar-refractivity contribution in [2.45, 2.75) is 65.5 Å². The highest BCUT2D eigenvalue weighted by Crippen LogP contribution is 2.16. The molecule has 0 saturated carbocycles. The molecule has 0 aliphatic carbocycles. The summed E-state index contributed by atoms with van der Waals surface area (Å²) in [5, 5.41) is 3.64. The summed E-state index contributed by atoms with van der Waals surface area (Å²) in [5.74, 6) is 0.969. The fourth-order valence-corrected chi connectivity index (χ4v) is 3.68. The fraction of sp³-hybridized carbons (Fsp3) is 1.00. The first-order chi connectivity index (χ1) is 8.85. The number of hydrogen-bond acceptors (Lipinski definition) is 3. The highest BCUT2D eigenvalue weighted by molar-refractivity contribution is 7.89. The van der Waals surface area contributed by atoms with E-state index >= 15 is 0 Å². The maximum absolute atomic E-state index is 11.8. The van der Waals surface area contributed by atoms with Gasteiger partial charge in [0.25, 0.3) is 0 Å². The Labute approximate surface area is 119 Å². The molecule has 0 radical (unpaired) electrons. The monoisotopic (exact) mass is 290 g/mol. The van der Waals surface area contributed by atoms with E-state index in [0.29, 0.717) is 25.2 Å². The number of nitrogens with zero attached hydrogens (tertiary/aromatic N) is 1. The van der Waals surface area contributed by atoms with E-state index in [2.05, 4.69) is 26.1 Å². The third kappa shape index (κ3) is 5.79. The molecular formula is C14H30N2O2S. The van der Waals surface area contributed by atoms with E-state index in [1.54, 1.807) is 11.2 Å². The van der Waals surface area contributed by atoms with Crippen LogP contribution in [-0.4, -0.2) is 43.6 Å². The molecule has 0 bridgehead atoms. The highest BCUT2D eigenvalue weighted by atomic mass is 32.2. The van der Waals surface area contributed by atoms with Gasteiger partial charge in [-0.25, -0.2) is 12.7 Å². The third-order valence-electron chi connectivity index (χ3n) is 3.91. The van der Waals surface area contributed by atoms with Gasteiger partial charge in [0.1, 0.15) is 0 Å². The van der Waals surface area contributed by atoms with Gasteiger partial charge in [-0.15, -0.1) is 0 Å². The molecule has 1 aliphatic rings. The molecule has 4 nitrogen and oxygen atoms in total. The Bertz CT molecular complexity index is 346. The van der Waals surface area contributed by atoms with Gasteiger partial charge >= 0.3 is 0 Å². The second-order valence-electron chi connectivity index (χ2n) is 6.11. The molecule has 1 fully saturated rings. The molecule has 1 rings (SSSR count). The molecule has 1 unspecified atom stereocenters. The van der Waals surface area contributed by atoms with Crippen molar-refractivity contribution in [3.63, 3.8) is 0 Å². The van der Waals surface area contributed by atoms with E-state index < -0.39 is 10.0 Å². The van der Waals surface area contributed by atoms with Crippen molar-refractivity contribution < 1.29 is 8.42 Å². The number of sulfonamides is 1. The van der Waals surface area contributed by atoms with E-state index in [0.717, 1.165) is 18.8 Å². The fourth-order valence-electron chi connectivity index (χ4n) is 2.55. The molecule has 0 aromatic heterocycles. The third-order valence-corrected chi connectivity index (χ3v) is 5.79. The van der Waals surface area contributed by atoms with Crippen LogP contribution < -0.4 is 5.32 Å². The Morgan fingerprint density at radius 2 is 1.74 bits per heavy atom. The van der Waals surface area contributed by atoms with Gasteiger partial charge in [-0.1, -0.05) is 13.8 Å². The van der Waals surface area contributed by atoms with Crippen molar-refractivity contribution in [3.05, 3.63) is 0 Å². The summed E-state index contributed by atoms with van der Waals surface area (Å²) >= 11 is 0. The minimum Gasteiger partial charge on any atom is -0.311 e. The topological polar surface area (TPSA) is 49.4 Å². The Morgan fingerprint density at radius 1 is 1.16 bits per heavy atom. The summed E-state index contributed by atoms with van der Waals surface area (Å²) in [6.07, 6.45) is 4.32. The first kappa shape index (κ1) is 16.9. The van der Waals surface area contributed by atoms with Gasteiger partial charge in [0, 0.05) is 25.2 Å². The summed E-state index contributed by atoms with van der Waals surface area (Å²) in [4.78, 5) is 0. The van der Waals surface area contributed by atoms with Gasteiger partial charge in [0.05, 0.1) is 5.75 Å². The largest absolute Gasteiger partial charge is 0.311 e. The van der Waals surface area contributed by atoms with E-state index in [4.69, 9.17) is 0 Å². The van der Waals surface area contributed by atoms with Crippen LogP contribution in [0.25, 0.3) is 0 Å². The zero-order valence-electron chi connectivity index (χ0n) is 12.9. The number of hydrogen-bond donors (Lipinski definition) is 1. The van der Waals surface area contributed by atoms with Crippen LogP contribution in [0.3, 0.4) is 0 Å². The lowest BCUT2D eigenvalue weighted by Crippen LogP contribution is -2.47. The van der Waals surface area contributed by atoms with Crippen LogP contribution in [-0.2, 0) is 10.0 Å². The molecule has 1 heterocycles. The Kier molecular flexibility index (Phi) is 6.77. The van der Waals surface area contributed by atoms with Crippen LogP contribution in [0, 0.1) is 5.92 Å². The summed E-state index contributed by atoms with van der Waals surface area (Å²) < 4.78 is 25.2. The Hall–Kier alpha value is -0.130. The zero-order valence-corrected chi connectivity index (χ0v) is 13.7. The van der Waals surface area contributed by atoms with Gasteiger partial charge < -0.3 is 5.32 Å². The molecule has 0 amide bonds. The SMILES string of the molecule is CCS(=O)(=O)N1CCC(NC(C)CCC(C)C)CC1. The van der Waals surface area contributed by atoms with Crippen molar-refractivity contribution in [2.75, 3.05) is 18.8 Å². The second-order valence-corrected chi connectivity index (χ2v) is 8.37.